The van der Waals surface area contributed by atoms with E-state index in [2.05, 4.69) is 10.1 Å². The van der Waals surface area contributed by atoms with E-state index < -0.39 is 4.92 Å². The molecule has 1 unspecified atom stereocenters. The topological polar surface area (TPSA) is 82.1 Å². The number of hydrogen-bond acceptors (Lipinski definition) is 5. The quantitative estimate of drug-likeness (QED) is 0.485. The fourth-order valence-electron chi connectivity index (χ4n) is 1.66. The summed E-state index contributed by atoms with van der Waals surface area (Å²) in [6, 6.07) is 4.65. The van der Waals surface area contributed by atoms with Crippen molar-refractivity contribution in [3.05, 3.63) is 39.7 Å². The fourth-order valence-corrected chi connectivity index (χ4v) is 1.74. The molecule has 1 aromatic carbocycles. The van der Waals surface area contributed by atoms with Crippen LogP contribution >= 0.6 is 11.6 Å². The standard InChI is InChI=1S/C12H12ClN3O3/c1-3-9(13)11-14-12(19-15-11)8-4-5-10(16(17)18)7(2)6-8/h4-6,9H,3H2,1-2H3. The van der Waals surface area contributed by atoms with Gasteiger partial charge in [-0.25, -0.2) is 0 Å². The largest absolute Gasteiger partial charge is 0.334 e. The third-order valence-electron chi connectivity index (χ3n) is 2.72. The molecule has 0 fully saturated rings. The Bertz CT molecular complexity index is 612. The number of rotatable bonds is 4. The highest BCUT2D eigenvalue weighted by molar-refractivity contribution is 6.20. The van der Waals surface area contributed by atoms with Gasteiger partial charge in [-0.2, -0.15) is 4.98 Å². The van der Waals surface area contributed by atoms with Gasteiger partial charge in [0.15, 0.2) is 5.82 Å². The smallest absolute Gasteiger partial charge is 0.272 e. The lowest BCUT2D eigenvalue weighted by atomic mass is 10.1. The third kappa shape index (κ3) is 2.73. The van der Waals surface area contributed by atoms with Gasteiger partial charge in [0.05, 0.1) is 10.3 Å². The van der Waals surface area contributed by atoms with E-state index in [9.17, 15) is 10.1 Å². The van der Waals surface area contributed by atoms with E-state index >= 15 is 0 Å². The van der Waals surface area contributed by atoms with Crippen molar-refractivity contribution in [2.75, 3.05) is 0 Å². The monoisotopic (exact) mass is 281 g/mol. The predicted molar refractivity (Wildman–Crippen MR) is 70.0 cm³/mol. The average Bonchev–Trinajstić information content (AvgIpc) is 2.86. The Labute approximate surface area is 114 Å². The molecular weight excluding hydrogens is 270 g/mol. The normalized spacial score (nSPS) is 12.4. The SMILES string of the molecule is CCC(Cl)c1noc(-c2ccc([N+](=O)[O-])c(C)c2)n1. The Hall–Kier alpha value is -1.95. The number of halogens is 1. The van der Waals surface area contributed by atoms with E-state index in [1.165, 1.54) is 6.07 Å². The molecule has 7 heteroatoms. The van der Waals surface area contributed by atoms with Crippen molar-refractivity contribution < 1.29 is 9.45 Å². The lowest BCUT2D eigenvalue weighted by molar-refractivity contribution is -0.385. The Balaban J connectivity index is 2.35. The van der Waals surface area contributed by atoms with Crippen molar-refractivity contribution in [2.24, 2.45) is 0 Å². The minimum atomic E-state index is -0.426. The average molecular weight is 282 g/mol. The van der Waals surface area contributed by atoms with Crippen LogP contribution in [0, 0.1) is 17.0 Å². The first-order chi connectivity index (χ1) is 9.02. The summed E-state index contributed by atoms with van der Waals surface area (Å²) >= 11 is 6.02. The molecule has 0 aliphatic heterocycles. The maximum atomic E-state index is 10.7. The van der Waals surface area contributed by atoms with Gasteiger partial charge in [-0.05, 0) is 25.5 Å². The number of benzene rings is 1. The van der Waals surface area contributed by atoms with Gasteiger partial charge in [0.1, 0.15) is 0 Å². The highest BCUT2D eigenvalue weighted by Gasteiger charge is 2.17. The minimum Gasteiger partial charge on any atom is -0.334 e. The second-order valence-electron chi connectivity index (χ2n) is 4.09. The Morgan fingerprint density at radius 1 is 1.53 bits per heavy atom. The van der Waals surface area contributed by atoms with Crippen LogP contribution in [0.3, 0.4) is 0 Å². The lowest BCUT2D eigenvalue weighted by Gasteiger charge is -1.99. The van der Waals surface area contributed by atoms with Crippen LogP contribution in [0.1, 0.15) is 30.1 Å². The first-order valence-corrected chi connectivity index (χ1v) is 6.19. The van der Waals surface area contributed by atoms with E-state index in [0.29, 0.717) is 29.3 Å². The van der Waals surface area contributed by atoms with Gasteiger partial charge in [0.25, 0.3) is 11.6 Å². The number of aryl methyl sites for hydroxylation is 1. The van der Waals surface area contributed by atoms with Crippen LogP contribution in [0.25, 0.3) is 11.5 Å². The molecule has 6 nitrogen and oxygen atoms in total. The van der Waals surface area contributed by atoms with Crippen LogP contribution in [-0.2, 0) is 0 Å². The molecule has 0 bridgehead atoms. The van der Waals surface area contributed by atoms with E-state index in [4.69, 9.17) is 16.1 Å². The van der Waals surface area contributed by atoms with Crippen LogP contribution < -0.4 is 0 Å². The van der Waals surface area contributed by atoms with E-state index in [0.717, 1.165) is 0 Å². The van der Waals surface area contributed by atoms with Gasteiger partial charge in [-0.15, -0.1) is 11.6 Å². The summed E-state index contributed by atoms with van der Waals surface area (Å²) in [7, 11) is 0. The number of nitro benzene ring substituents is 1. The highest BCUT2D eigenvalue weighted by atomic mass is 35.5. The second kappa shape index (κ2) is 5.36. The molecule has 1 atom stereocenters. The molecule has 0 spiro atoms. The summed E-state index contributed by atoms with van der Waals surface area (Å²) in [4.78, 5) is 14.5. The van der Waals surface area contributed by atoms with Crippen LogP contribution in [-0.4, -0.2) is 15.1 Å². The highest BCUT2D eigenvalue weighted by Crippen LogP contribution is 2.27. The van der Waals surface area contributed by atoms with Crippen molar-refractivity contribution in [1.29, 1.82) is 0 Å². The number of nitro groups is 1. The number of nitrogens with zero attached hydrogens (tertiary/aromatic N) is 3. The zero-order chi connectivity index (χ0) is 14.0. The molecule has 0 radical (unpaired) electrons. The van der Waals surface area contributed by atoms with Crippen LogP contribution in [0.2, 0.25) is 0 Å². The zero-order valence-corrected chi connectivity index (χ0v) is 11.2. The van der Waals surface area contributed by atoms with E-state index in [-0.39, 0.29) is 11.1 Å². The summed E-state index contributed by atoms with van der Waals surface area (Å²) in [6.45, 7) is 3.58. The van der Waals surface area contributed by atoms with Gasteiger partial charge in [-0.1, -0.05) is 12.1 Å². The molecule has 0 saturated carbocycles. The van der Waals surface area contributed by atoms with Gasteiger partial charge in [-0.3, -0.25) is 10.1 Å². The number of hydrogen-bond donors (Lipinski definition) is 0. The van der Waals surface area contributed by atoms with Crippen LogP contribution in [0.15, 0.2) is 22.7 Å². The van der Waals surface area contributed by atoms with Crippen molar-refractivity contribution in [2.45, 2.75) is 25.6 Å². The van der Waals surface area contributed by atoms with Crippen molar-refractivity contribution in [1.82, 2.24) is 10.1 Å². The summed E-state index contributed by atoms with van der Waals surface area (Å²) in [5, 5.41) is 14.2. The Kier molecular flexibility index (Phi) is 3.80. The molecule has 1 heterocycles. The Morgan fingerprint density at radius 2 is 2.26 bits per heavy atom. The number of aromatic nitrogens is 2. The Morgan fingerprint density at radius 3 is 2.84 bits per heavy atom. The molecule has 1 aromatic heterocycles. The third-order valence-corrected chi connectivity index (χ3v) is 3.22. The van der Waals surface area contributed by atoms with Gasteiger partial charge in [0, 0.05) is 17.2 Å². The molecule has 2 aromatic rings. The van der Waals surface area contributed by atoms with Crippen LogP contribution in [0.4, 0.5) is 5.69 Å². The van der Waals surface area contributed by atoms with Crippen molar-refractivity contribution >= 4 is 17.3 Å². The molecule has 2 rings (SSSR count). The zero-order valence-electron chi connectivity index (χ0n) is 10.5. The maximum absolute atomic E-state index is 10.7. The second-order valence-corrected chi connectivity index (χ2v) is 4.62. The minimum absolute atomic E-state index is 0.0623. The molecule has 0 aliphatic rings. The summed E-state index contributed by atoms with van der Waals surface area (Å²) in [5.74, 6) is 0.738. The molecule has 0 amide bonds. The van der Waals surface area contributed by atoms with E-state index in [1.54, 1.807) is 19.1 Å². The molecular formula is C12H12ClN3O3. The van der Waals surface area contributed by atoms with Crippen LogP contribution in [0.5, 0.6) is 0 Å². The molecule has 100 valence electrons. The van der Waals surface area contributed by atoms with Crippen molar-refractivity contribution in [3.8, 4) is 11.5 Å². The molecule has 0 N–H and O–H groups in total. The molecule has 0 aliphatic carbocycles. The predicted octanol–water partition coefficient (Wildman–Crippen LogP) is 3.64. The molecule has 0 saturated heterocycles. The summed E-state index contributed by atoms with van der Waals surface area (Å²) < 4.78 is 5.11. The van der Waals surface area contributed by atoms with E-state index in [1.807, 2.05) is 6.92 Å². The molecule has 19 heavy (non-hydrogen) atoms. The first kappa shape index (κ1) is 13.5. The lowest BCUT2D eigenvalue weighted by Crippen LogP contribution is -1.92. The van der Waals surface area contributed by atoms with Gasteiger partial charge < -0.3 is 4.52 Å². The van der Waals surface area contributed by atoms with Crippen molar-refractivity contribution in [3.63, 3.8) is 0 Å². The first-order valence-electron chi connectivity index (χ1n) is 5.76. The fraction of sp³-hybridized carbons (Fsp3) is 0.333. The van der Waals surface area contributed by atoms with Gasteiger partial charge >= 0.3 is 0 Å². The van der Waals surface area contributed by atoms with Gasteiger partial charge in [0.2, 0.25) is 0 Å². The summed E-state index contributed by atoms with van der Waals surface area (Å²) in [6.07, 6.45) is 0.694. The number of alkyl halides is 1. The maximum Gasteiger partial charge on any atom is 0.272 e. The summed E-state index contributed by atoms with van der Waals surface area (Å²) in [5.41, 5.74) is 1.24.